The molecule has 1 fully saturated rings. The van der Waals surface area contributed by atoms with E-state index in [0.29, 0.717) is 37.6 Å². The molecule has 0 atom stereocenters. The lowest BCUT2D eigenvalue weighted by atomic mass is 10.2. The normalized spacial score (nSPS) is 16.4. The number of amides is 2. The summed E-state index contributed by atoms with van der Waals surface area (Å²) in [4.78, 5) is 25.0. The van der Waals surface area contributed by atoms with Crippen LogP contribution in [0.1, 0.15) is 13.3 Å². The van der Waals surface area contributed by atoms with Crippen molar-refractivity contribution in [3.63, 3.8) is 0 Å². The van der Waals surface area contributed by atoms with Crippen molar-refractivity contribution >= 4 is 33.2 Å². The highest BCUT2D eigenvalue weighted by Crippen LogP contribution is 2.14. The maximum absolute atomic E-state index is 12.3. The van der Waals surface area contributed by atoms with Gasteiger partial charge >= 0.3 is 0 Å². The number of anilines is 2. The summed E-state index contributed by atoms with van der Waals surface area (Å²) < 4.78 is 26.0. The van der Waals surface area contributed by atoms with Crippen LogP contribution >= 0.6 is 0 Å². The molecule has 2 N–H and O–H groups in total. The molecular weight excluding hydrogens is 344 g/mol. The lowest BCUT2D eigenvalue weighted by Crippen LogP contribution is -2.47. The van der Waals surface area contributed by atoms with Crippen LogP contribution in [0.5, 0.6) is 0 Å². The second-order valence-corrected chi connectivity index (χ2v) is 8.16. The van der Waals surface area contributed by atoms with E-state index in [4.69, 9.17) is 0 Å². The van der Waals surface area contributed by atoms with Gasteiger partial charge in [-0.1, -0.05) is 0 Å². The molecule has 0 bridgehead atoms. The van der Waals surface area contributed by atoms with Gasteiger partial charge in [0.2, 0.25) is 21.8 Å². The summed E-state index contributed by atoms with van der Waals surface area (Å²) in [6.07, 6.45) is -0.0951. The maximum Gasteiger partial charge on any atom is 0.225 e. The third kappa shape index (κ3) is 6.11. The van der Waals surface area contributed by atoms with Gasteiger partial charge in [-0.05, 0) is 31.3 Å². The van der Waals surface area contributed by atoms with Crippen LogP contribution in [0.2, 0.25) is 0 Å². The van der Waals surface area contributed by atoms with Gasteiger partial charge in [0.25, 0.3) is 0 Å². The molecule has 2 amide bonds. The van der Waals surface area contributed by atoms with Gasteiger partial charge in [-0.25, -0.2) is 8.42 Å². The fourth-order valence-electron chi connectivity index (χ4n) is 2.48. The molecule has 25 heavy (non-hydrogen) atoms. The molecule has 9 heteroatoms. The highest BCUT2D eigenvalue weighted by Gasteiger charge is 2.26. The number of nitrogens with zero attached hydrogens (tertiary/aromatic N) is 2. The highest BCUT2D eigenvalue weighted by molar-refractivity contribution is 7.89. The van der Waals surface area contributed by atoms with Crippen molar-refractivity contribution in [3.8, 4) is 0 Å². The van der Waals surface area contributed by atoms with Crippen LogP contribution in [0.4, 0.5) is 11.4 Å². The highest BCUT2D eigenvalue weighted by atomic mass is 32.2. The molecule has 1 aromatic carbocycles. The van der Waals surface area contributed by atoms with E-state index in [1.807, 2.05) is 7.05 Å². The van der Waals surface area contributed by atoms with Gasteiger partial charge in [-0.3, -0.25) is 9.59 Å². The molecule has 1 heterocycles. The SMILES string of the molecule is CC(=O)Nc1ccc(NC(=O)CCS(=O)(=O)N2CCN(C)CC2)cc1. The first kappa shape index (κ1) is 19.4. The minimum Gasteiger partial charge on any atom is -0.326 e. The third-order valence-corrected chi connectivity index (χ3v) is 5.80. The monoisotopic (exact) mass is 368 g/mol. The Balaban J connectivity index is 1.82. The van der Waals surface area contributed by atoms with Crippen molar-refractivity contribution in [2.45, 2.75) is 13.3 Å². The molecule has 1 aliphatic rings. The molecule has 2 rings (SSSR count). The Hall–Kier alpha value is -1.97. The largest absolute Gasteiger partial charge is 0.326 e. The minimum atomic E-state index is -3.42. The standard InChI is InChI=1S/C16H24N4O4S/c1-13(21)17-14-3-5-15(6-4-14)18-16(22)7-12-25(23,24)20-10-8-19(2)9-11-20/h3-6H,7-12H2,1-2H3,(H,17,21)(H,18,22). The van der Waals surface area contributed by atoms with Crippen LogP contribution in [0.25, 0.3) is 0 Å². The summed E-state index contributed by atoms with van der Waals surface area (Å²) in [6.45, 7) is 3.74. The lowest BCUT2D eigenvalue weighted by Gasteiger charge is -2.31. The van der Waals surface area contributed by atoms with Crippen LogP contribution in [0.15, 0.2) is 24.3 Å². The Morgan fingerprint density at radius 2 is 1.52 bits per heavy atom. The zero-order chi connectivity index (χ0) is 18.4. The van der Waals surface area contributed by atoms with Crippen LogP contribution < -0.4 is 10.6 Å². The number of hydrogen-bond acceptors (Lipinski definition) is 5. The Bertz CT molecular complexity index is 710. The van der Waals surface area contributed by atoms with Crippen LogP contribution in [0.3, 0.4) is 0 Å². The quantitative estimate of drug-likeness (QED) is 0.764. The number of carbonyl (C=O) groups excluding carboxylic acids is 2. The zero-order valence-corrected chi connectivity index (χ0v) is 15.3. The zero-order valence-electron chi connectivity index (χ0n) is 14.5. The van der Waals surface area contributed by atoms with Gasteiger partial charge in [0.15, 0.2) is 0 Å². The Morgan fingerprint density at radius 3 is 2.04 bits per heavy atom. The Kier molecular flexibility index (Phi) is 6.51. The summed E-state index contributed by atoms with van der Waals surface area (Å²) in [6, 6.07) is 6.63. The van der Waals surface area contributed by atoms with E-state index in [9.17, 15) is 18.0 Å². The summed E-state index contributed by atoms with van der Waals surface area (Å²) in [7, 11) is -1.46. The van der Waals surface area contributed by atoms with Gasteiger partial charge in [0.05, 0.1) is 5.75 Å². The van der Waals surface area contributed by atoms with Crippen LogP contribution in [-0.2, 0) is 19.6 Å². The van der Waals surface area contributed by atoms with E-state index in [-0.39, 0.29) is 24.0 Å². The number of rotatable bonds is 6. The molecule has 0 unspecified atom stereocenters. The Morgan fingerprint density at radius 1 is 1.00 bits per heavy atom. The first-order valence-corrected chi connectivity index (χ1v) is 9.71. The summed E-state index contributed by atoms with van der Waals surface area (Å²) in [5.41, 5.74) is 1.18. The van der Waals surface area contributed by atoms with Crippen molar-refractivity contribution < 1.29 is 18.0 Å². The predicted octanol–water partition coefficient (Wildman–Crippen LogP) is 0.551. The van der Waals surface area contributed by atoms with Gasteiger partial charge in [-0.2, -0.15) is 4.31 Å². The summed E-state index contributed by atoms with van der Waals surface area (Å²) >= 11 is 0. The van der Waals surface area contributed by atoms with Crippen molar-refractivity contribution in [3.05, 3.63) is 24.3 Å². The van der Waals surface area contributed by atoms with Crippen molar-refractivity contribution in [1.82, 2.24) is 9.21 Å². The van der Waals surface area contributed by atoms with Gasteiger partial charge < -0.3 is 15.5 Å². The minimum absolute atomic E-state index is 0.0951. The Labute approximate surface area is 148 Å². The number of likely N-dealkylation sites (N-methyl/N-ethyl adjacent to an activating group) is 1. The molecule has 0 saturated carbocycles. The first-order valence-electron chi connectivity index (χ1n) is 8.10. The number of sulfonamides is 1. The molecule has 8 nitrogen and oxygen atoms in total. The van der Waals surface area contributed by atoms with E-state index in [1.165, 1.54) is 11.2 Å². The number of benzene rings is 1. The number of hydrogen-bond donors (Lipinski definition) is 2. The van der Waals surface area contributed by atoms with E-state index in [2.05, 4.69) is 15.5 Å². The van der Waals surface area contributed by atoms with Gasteiger partial charge in [0.1, 0.15) is 0 Å². The topological polar surface area (TPSA) is 98.8 Å². The van der Waals surface area contributed by atoms with E-state index in [1.54, 1.807) is 24.3 Å². The molecule has 1 aliphatic heterocycles. The number of carbonyl (C=O) groups is 2. The van der Waals surface area contributed by atoms with Crippen LogP contribution in [-0.4, -0.2) is 68.4 Å². The second-order valence-electron chi connectivity index (χ2n) is 6.08. The summed E-state index contributed by atoms with van der Waals surface area (Å²) in [5, 5.41) is 5.29. The fourth-order valence-corrected chi connectivity index (χ4v) is 3.90. The molecule has 1 aromatic rings. The average Bonchev–Trinajstić information content (AvgIpc) is 2.55. The van der Waals surface area contributed by atoms with Crippen molar-refractivity contribution in [2.24, 2.45) is 0 Å². The lowest BCUT2D eigenvalue weighted by molar-refractivity contribution is -0.116. The first-order chi connectivity index (χ1) is 11.8. The molecule has 0 spiro atoms. The average molecular weight is 368 g/mol. The van der Waals surface area contributed by atoms with Crippen molar-refractivity contribution in [2.75, 3.05) is 49.6 Å². The van der Waals surface area contributed by atoms with Crippen molar-refractivity contribution in [1.29, 1.82) is 0 Å². The molecule has 0 aromatic heterocycles. The molecule has 138 valence electrons. The fraction of sp³-hybridized carbons (Fsp3) is 0.500. The molecular formula is C16H24N4O4S. The number of nitrogens with one attached hydrogen (secondary N) is 2. The smallest absolute Gasteiger partial charge is 0.225 e. The predicted molar refractivity (Wildman–Crippen MR) is 96.8 cm³/mol. The van der Waals surface area contributed by atoms with E-state index < -0.39 is 10.0 Å². The molecule has 0 radical (unpaired) electrons. The summed E-state index contributed by atoms with van der Waals surface area (Å²) in [5.74, 6) is -0.733. The van der Waals surface area contributed by atoms with Crippen LogP contribution in [0, 0.1) is 0 Å². The third-order valence-electron chi connectivity index (χ3n) is 3.93. The maximum atomic E-state index is 12.3. The van der Waals surface area contributed by atoms with E-state index in [0.717, 1.165) is 0 Å². The number of piperazine rings is 1. The molecule has 0 aliphatic carbocycles. The second kappa shape index (κ2) is 8.41. The van der Waals surface area contributed by atoms with Gasteiger partial charge in [-0.15, -0.1) is 0 Å². The molecule has 1 saturated heterocycles. The van der Waals surface area contributed by atoms with Gasteiger partial charge in [0, 0.05) is 50.9 Å². The van der Waals surface area contributed by atoms with E-state index >= 15 is 0 Å².